The minimum absolute atomic E-state index is 0.357. The first-order chi connectivity index (χ1) is 7.69. The van der Waals surface area contributed by atoms with Crippen molar-refractivity contribution in [2.24, 2.45) is 15.9 Å². The molecular weight excluding hydrogens is 278 g/mol. The van der Waals surface area contributed by atoms with Crippen LogP contribution in [0.4, 0.5) is 0 Å². The van der Waals surface area contributed by atoms with E-state index in [1.165, 1.54) is 5.04 Å². The van der Waals surface area contributed by atoms with Gasteiger partial charge in [0, 0.05) is 24.6 Å². The van der Waals surface area contributed by atoms with E-state index in [1.54, 1.807) is 11.8 Å². The molecule has 0 saturated carbocycles. The van der Waals surface area contributed by atoms with Crippen molar-refractivity contribution in [2.75, 3.05) is 31.1 Å². The minimum Gasteiger partial charge on any atom is -0.327 e. The van der Waals surface area contributed by atoms with Gasteiger partial charge >= 0.3 is 0 Å². The van der Waals surface area contributed by atoms with Gasteiger partial charge in [-0.3, -0.25) is 9.98 Å². The molecule has 0 radical (unpaired) electrons. The summed E-state index contributed by atoms with van der Waals surface area (Å²) >= 11 is 13.0. The minimum atomic E-state index is -0.396. The van der Waals surface area contributed by atoms with Crippen molar-refractivity contribution in [3.63, 3.8) is 0 Å². The Hall–Kier alpha value is 0.540. The Bertz CT molecular complexity index is 334. The van der Waals surface area contributed by atoms with Crippen LogP contribution in [0.1, 0.15) is 0 Å². The van der Waals surface area contributed by atoms with Gasteiger partial charge in [-0.05, 0) is 0 Å². The maximum atomic E-state index is 4.68. The molecule has 0 aromatic carbocycles. The van der Waals surface area contributed by atoms with Crippen LogP contribution in [0.5, 0.6) is 0 Å². The molecule has 0 unspecified atom stereocenters. The van der Waals surface area contributed by atoms with Crippen LogP contribution in [0.2, 0.25) is 0 Å². The van der Waals surface area contributed by atoms with Crippen LogP contribution in [-0.2, 0) is 0 Å². The van der Waals surface area contributed by atoms with Gasteiger partial charge in [0.15, 0.2) is 5.17 Å². The number of hydrogen-bond acceptors (Lipinski definition) is 7. The Morgan fingerprint density at radius 1 is 1.19 bits per heavy atom. The van der Waals surface area contributed by atoms with Gasteiger partial charge in [0.05, 0.1) is 17.5 Å². The van der Waals surface area contributed by atoms with Gasteiger partial charge in [0.2, 0.25) is 0 Å². The van der Waals surface area contributed by atoms with E-state index in [4.69, 9.17) is 0 Å². The quantitative estimate of drug-likeness (QED) is 0.569. The molecular formula is C9H13N3S4. The predicted octanol–water partition coefficient (Wildman–Crippen LogP) is 1.68. The second kappa shape index (κ2) is 4.33. The van der Waals surface area contributed by atoms with E-state index in [9.17, 15) is 0 Å². The molecule has 3 rings (SSSR count). The largest absolute Gasteiger partial charge is 0.327 e. The Balaban J connectivity index is 1.73. The monoisotopic (exact) mass is 291 g/mol. The number of likely N-dealkylation sites (tertiary alicyclic amines) is 1. The van der Waals surface area contributed by atoms with Gasteiger partial charge in [0.1, 0.15) is 4.20 Å². The van der Waals surface area contributed by atoms with Gasteiger partial charge in [0.25, 0.3) is 0 Å². The molecule has 0 spiro atoms. The van der Waals surface area contributed by atoms with E-state index in [1.807, 2.05) is 11.8 Å². The molecule has 0 aliphatic carbocycles. The first kappa shape index (κ1) is 11.6. The zero-order valence-electron chi connectivity index (χ0n) is 8.67. The second-order valence-corrected chi connectivity index (χ2v) is 7.83. The lowest BCUT2D eigenvalue weighted by molar-refractivity contribution is 0.195. The molecule has 0 aromatic heterocycles. The summed E-state index contributed by atoms with van der Waals surface area (Å²) in [5, 5.41) is 2.33. The normalized spacial score (nSPS) is 32.4. The number of nitrogens with zero attached hydrogens (tertiary/aromatic N) is 3. The summed E-state index contributed by atoms with van der Waals surface area (Å²) in [7, 11) is 0. The van der Waals surface area contributed by atoms with Crippen LogP contribution in [0.3, 0.4) is 0 Å². The zero-order chi connectivity index (χ0) is 11.2. The molecule has 0 amide bonds. The van der Waals surface area contributed by atoms with Crippen LogP contribution in [-0.4, -0.2) is 50.5 Å². The van der Waals surface area contributed by atoms with Crippen LogP contribution in [0.25, 0.3) is 0 Å². The van der Waals surface area contributed by atoms with E-state index in [0.717, 1.165) is 36.3 Å². The highest BCUT2D eigenvalue weighted by Crippen LogP contribution is 2.48. The summed E-state index contributed by atoms with van der Waals surface area (Å²) in [6, 6.07) is 0. The molecule has 3 heterocycles. The van der Waals surface area contributed by atoms with Crippen LogP contribution in [0.15, 0.2) is 9.98 Å². The van der Waals surface area contributed by atoms with Crippen LogP contribution >= 0.6 is 48.8 Å². The molecule has 1 fully saturated rings. The van der Waals surface area contributed by atoms with Gasteiger partial charge in [-0.2, -0.15) is 0 Å². The summed E-state index contributed by atoms with van der Waals surface area (Å²) in [6.07, 6.45) is 0. The third-order valence-corrected chi connectivity index (χ3v) is 6.13. The molecule has 3 aliphatic rings. The van der Waals surface area contributed by atoms with E-state index in [-0.39, 0.29) is 0 Å². The number of aliphatic imine (C=N–C) groups is 2. The highest BCUT2D eigenvalue weighted by Gasteiger charge is 2.53. The Labute approximate surface area is 115 Å². The van der Waals surface area contributed by atoms with Crippen LogP contribution < -0.4 is 0 Å². The maximum absolute atomic E-state index is 4.68. The van der Waals surface area contributed by atoms with E-state index in [2.05, 4.69) is 40.1 Å². The fourth-order valence-corrected chi connectivity index (χ4v) is 5.04. The molecule has 3 nitrogen and oxygen atoms in total. The van der Waals surface area contributed by atoms with Crippen molar-refractivity contribution < 1.29 is 0 Å². The lowest BCUT2D eigenvalue weighted by Crippen LogP contribution is -2.64. The SMILES string of the molecule is SC1(S)[C@@H](C2=NCCS2)CN1C1=NCCS1. The maximum Gasteiger partial charge on any atom is 0.161 e. The van der Waals surface area contributed by atoms with Gasteiger partial charge < -0.3 is 4.90 Å². The van der Waals surface area contributed by atoms with E-state index < -0.39 is 4.20 Å². The molecule has 88 valence electrons. The number of thioether (sulfide) groups is 2. The zero-order valence-corrected chi connectivity index (χ0v) is 12.1. The van der Waals surface area contributed by atoms with Crippen molar-refractivity contribution in [3.05, 3.63) is 0 Å². The molecule has 0 aromatic rings. The molecule has 7 heteroatoms. The number of rotatable bonds is 1. The summed E-state index contributed by atoms with van der Waals surface area (Å²) in [5.41, 5.74) is 0. The Morgan fingerprint density at radius 2 is 1.94 bits per heavy atom. The number of thiol groups is 2. The molecule has 1 atom stereocenters. The van der Waals surface area contributed by atoms with Crippen molar-refractivity contribution in [2.45, 2.75) is 4.20 Å². The number of amidine groups is 1. The Kier molecular flexibility index (Phi) is 3.15. The number of hydrogen-bond donors (Lipinski definition) is 2. The molecule has 3 aliphatic heterocycles. The van der Waals surface area contributed by atoms with Crippen molar-refractivity contribution in [1.29, 1.82) is 0 Å². The average molecular weight is 291 g/mol. The fraction of sp³-hybridized carbons (Fsp3) is 0.778. The van der Waals surface area contributed by atoms with Gasteiger partial charge in [-0.1, -0.05) is 11.8 Å². The smallest absolute Gasteiger partial charge is 0.161 e. The summed E-state index contributed by atoms with van der Waals surface area (Å²) in [4.78, 5) is 11.2. The second-order valence-electron chi connectivity index (χ2n) is 3.93. The van der Waals surface area contributed by atoms with Crippen molar-refractivity contribution in [1.82, 2.24) is 4.90 Å². The van der Waals surface area contributed by atoms with Crippen molar-refractivity contribution in [3.8, 4) is 0 Å². The Morgan fingerprint density at radius 3 is 2.50 bits per heavy atom. The first-order valence-corrected chi connectivity index (χ1v) is 8.13. The summed E-state index contributed by atoms with van der Waals surface area (Å²) in [5.74, 6) is 2.55. The summed E-state index contributed by atoms with van der Waals surface area (Å²) < 4.78 is -0.396. The highest BCUT2D eigenvalue weighted by molar-refractivity contribution is 8.15. The fourth-order valence-electron chi connectivity index (χ4n) is 2.03. The molecule has 1 saturated heterocycles. The predicted molar refractivity (Wildman–Crippen MR) is 80.4 cm³/mol. The van der Waals surface area contributed by atoms with Gasteiger partial charge in [-0.15, -0.1) is 37.0 Å². The molecule has 0 N–H and O–H groups in total. The third kappa shape index (κ3) is 1.79. The van der Waals surface area contributed by atoms with Crippen LogP contribution in [0, 0.1) is 5.92 Å². The lowest BCUT2D eigenvalue weighted by atomic mass is 10.0. The van der Waals surface area contributed by atoms with E-state index >= 15 is 0 Å². The lowest BCUT2D eigenvalue weighted by Gasteiger charge is -2.53. The highest BCUT2D eigenvalue weighted by atomic mass is 32.2. The van der Waals surface area contributed by atoms with E-state index in [0.29, 0.717) is 5.92 Å². The third-order valence-electron chi connectivity index (χ3n) is 2.94. The standard InChI is InChI=1S/C9H13N3S4/c13-9(14)6(7-10-1-3-15-7)5-12(9)8-11-2-4-16-8/h6,13-14H,1-5H2/t6-/m1/s1. The molecule has 16 heavy (non-hydrogen) atoms. The summed E-state index contributed by atoms with van der Waals surface area (Å²) in [6.45, 7) is 2.84. The molecule has 0 bridgehead atoms. The van der Waals surface area contributed by atoms with Gasteiger partial charge in [-0.25, -0.2) is 0 Å². The first-order valence-electron chi connectivity index (χ1n) is 5.26. The van der Waals surface area contributed by atoms with Crippen molar-refractivity contribution >= 4 is 59.0 Å². The topological polar surface area (TPSA) is 28.0 Å². The average Bonchev–Trinajstić information content (AvgIpc) is 2.88.